The number of carbonyl (C=O) groups is 1. The zero-order valence-corrected chi connectivity index (χ0v) is 13.5. The lowest BCUT2D eigenvalue weighted by atomic mass is 9.76. The van der Waals surface area contributed by atoms with Gasteiger partial charge < -0.3 is 13.9 Å². The van der Waals surface area contributed by atoms with Crippen molar-refractivity contribution >= 4 is 29.3 Å². The predicted molar refractivity (Wildman–Crippen MR) is 86.6 cm³/mol. The van der Waals surface area contributed by atoms with Gasteiger partial charge in [-0.15, -0.1) is 0 Å². The molecule has 1 aromatic carbocycles. The van der Waals surface area contributed by atoms with Gasteiger partial charge in [0.1, 0.15) is 0 Å². The smallest absolute Gasteiger partial charge is 0.399 e. The summed E-state index contributed by atoms with van der Waals surface area (Å²) in [6.45, 7) is 8.88. The van der Waals surface area contributed by atoms with Gasteiger partial charge in [0.2, 0.25) is 0 Å². The Balaban J connectivity index is 1.94. The van der Waals surface area contributed by atoms with Crippen molar-refractivity contribution in [1.82, 2.24) is 4.57 Å². The van der Waals surface area contributed by atoms with Crippen molar-refractivity contribution in [1.29, 1.82) is 0 Å². The molecule has 1 saturated heterocycles. The van der Waals surface area contributed by atoms with E-state index in [-0.39, 0.29) is 5.78 Å². The SMILES string of the molecule is CC1(C)OB(c2c3n(c4ccccc24)CCC3=O)OC1(C)C. The van der Waals surface area contributed by atoms with Crippen molar-refractivity contribution < 1.29 is 14.1 Å². The van der Waals surface area contributed by atoms with Gasteiger partial charge >= 0.3 is 7.12 Å². The van der Waals surface area contributed by atoms with E-state index in [0.717, 1.165) is 28.6 Å². The van der Waals surface area contributed by atoms with Gasteiger partial charge in [0.05, 0.1) is 16.9 Å². The van der Waals surface area contributed by atoms with E-state index in [0.29, 0.717) is 6.42 Å². The third-order valence-corrected chi connectivity index (χ3v) is 5.33. The summed E-state index contributed by atoms with van der Waals surface area (Å²) in [5.41, 5.74) is 1.94. The highest BCUT2D eigenvalue weighted by molar-refractivity contribution is 6.67. The molecule has 0 spiro atoms. The molecule has 2 aliphatic rings. The van der Waals surface area contributed by atoms with Crippen molar-refractivity contribution in [3.05, 3.63) is 30.0 Å². The average Bonchev–Trinajstić information content (AvgIpc) is 3.02. The van der Waals surface area contributed by atoms with Gasteiger partial charge in [0.25, 0.3) is 0 Å². The molecule has 0 atom stereocenters. The van der Waals surface area contributed by atoms with E-state index in [2.05, 4.69) is 10.6 Å². The fourth-order valence-corrected chi connectivity index (χ4v) is 3.39. The molecule has 1 aromatic heterocycles. The first-order chi connectivity index (χ1) is 10.3. The maximum absolute atomic E-state index is 12.4. The van der Waals surface area contributed by atoms with Crippen LogP contribution in [-0.4, -0.2) is 28.7 Å². The van der Waals surface area contributed by atoms with Crippen molar-refractivity contribution in [2.45, 2.75) is 51.9 Å². The Morgan fingerprint density at radius 1 is 1.09 bits per heavy atom. The van der Waals surface area contributed by atoms with Gasteiger partial charge in [-0.2, -0.15) is 0 Å². The highest BCUT2D eigenvalue weighted by Gasteiger charge is 2.53. The van der Waals surface area contributed by atoms with Crippen molar-refractivity contribution in [3.63, 3.8) is 0 Å². The molecule has 0 amide bonds. The lowest BCUT2D eigenvalue weighted by molar-refractivity contribution is 0.00578. The minimum atomic E-state index is -0.492. The van der Waals surface area contributed by atoms with E-state index in [1.165, 1.54) is 0 Å². The number of aryl methyl sites for hydroxylation is 1. The molecule has 2 aromatic rings. The Morgan fingerprint density at radius 3 is 2.41 bits per heavy atom. The molecule has 4 nitrogen and oxygen atoms in total. The molecule has 0 bridgehead atoms. The van der Waals surface area contributed by atoms with Crippen LogP contribution in [0.2, 0.25) is 0 Å². The van der Waals surface area contributed by atoms with E-state index in [1.54, 1.807) is 0 Å². The van der Waals surface area contributed by atoms with Gasteiger partial charge in [-0.25, -0.2) is 0 Å². The molecule has 2 aliphatic heterocycles. The molecule has 22 heavy (non-hydrogen) atoms. The van der Waals surface area contributed by atoms with Gasteiger partial charge in [0.15, 0.2) is 5.78 Å². The Kier molecular flexibility index (Phi) is 2.70. The molecule has 4 rings (SSSR count). The second-order valence-electron chi connectivity index (χ2n) is 7.19. The third kappa shape index (κ3) is 1.69. The first-order valence-electron chi connectivity index (χ1n) is 7.82. The Labute approximate surface area is 130 Å². The van der Waals surface area contributed by atoms with Crippen LogP contribution in [0.3, 0.4) is 0 Å². The number of hydrogen-bond acceptors (Lipinski definition) is 3. The number of rotatable bonds is 1. The van der Waals surface area contributed by atoms with Crippen LogP contribution in [0.15, 0.2) is 24.3 Å². The number of ketones is 1. The van der Waals surface area contributed by atoms with Gasteiger partial charge in [-0.05, 0) is 33.8 Å². The van der Waals surface area contributed by atoms with Crippen LogP contribution in [0.4, 0.5) is 0 Å². The number of benzene rings is 1. The fourth-order valence-electron chi connectivity index (χ4n) is 3.39. The highest BCUT2D eigenvalue weighted by Crippen LogP contribution is 2.38. The molecular weight excluding hydrogens is 277 g/mol. The van der Waals surface area contributed by atoms with Crippen molar-refractivity contribution in [2.24, 2.45) is 0 Å². The number of para-hydroxylation sites is 1. The zero-order valence-electron chi connectivity index (χ0n) is 13.5. The summed E-state index contributed by atoms with van der Waals surface area (Å²) in [6.07, 6.45) is 0.562. The minimum absolute atomic E-state index is 0.181. The summed E-state index contributed by atoms with van der Waals surface area (Å²) in [5.74, 6) is 0.181. The summed E-state index contributed by atoms with van der Waals surface area (Å²) in [7, 11) is -0.492. The van der Waals surface area contributed by atoms with E-state index < -0.39 is 18.3 Å². The Morgan fingerprint density at radius 2 is 1.73 bits per heavy atom. The van der Waals surface area contributed by atoms with Crippen LogP contribution >= 0.6 is 0 Å². The van der Waals surface area contributed by atoms with Crippen LogP contribution < -0.4 is 5.46 Å². The Hall–Kier alpha value is -1.59. The van der Waals surface area contributed by atoms with E-state index in [4.69, 9.17) is 9.31 Å². The molecule has 114 valence electrons. The highest BCUT2D eigenvalue weighted by atomic mass is 16.7. The van der Waals surface area contributed by atoms with Crippen LogP contribution in [0, 0.1) is 0 Å². The number of fused-ring (bicyclic) bond motifs is 3. The summed E-state index contributed by atoms with van der Waals surface area (Å²) in [4.78, 5) is 12.4. The summed E-state index contributed by atoms with van der Waals surface area (Å²) in [5, 5.41) is 1.06. The van der Waals surface area contributed by atoms with Gasteiger partial charge in [-0.3, -0.25) is 4.79 Å². The topological polar surface area (TPSA) is 40.5 Å². The van der Waals surface area contributed by atoms with Crippen LogP contribution in [0.1, 0.15) is 44.6 Å². The van der Waals surface area contributed by atoms with Crippen LogP contribution in [0.25, 0.3) is 10.9 Å². The quantitative estimate of drug-likeness (QED) is 0.759. The Bertz CT molecular complexity index is 775. The molecule has 5 heteroatoms. The van der Waals surface area contributed by atoms with Gasteiger partial charge in [0, 0.05) is 29.3 Å². The molecule has 1 fully saturated rings. The van der Waals surface area contributed by atoms with Crippen LogP contribution in [-0.2, 0) is 15.9 Å². The number of nitrogens with zero attached hydrogens (tertiary/aromatic N) is 1. The van der Waals surface area contributed by atoms with Gasteiger partial charge in [-0.1, -0.05) is 18.2 Å². The molecule has 0 aliphatic carbocycles. The standard InChI is InChI=1S/C17H20BNO3/c1-16(2)17(3,4)22-18(21-16)14-11-7-5-6-8-12(11)19-10-9-13(20)15(14)19/h5-8H,9-10H2,1-4H3. The lowest BCUT2D eigenvalue weighted by Gasteiger charge is -2.32. The largest absolute Gasteiger partial charge is 0.497 e. The van der Waals surface area contributed by atoms with Crippen molar-refractivity contribution in [3.8, 4) is 0 Å². The maximum atomic E-state index is 12.4. The summed E-state index contributed by atoms with van der Waals surface area (Å²) in [6, 6.07) is 8.12. The van der Waals surface area contributed by atoms with E-state index >= 15 is 0 Å². The predicted octanol–water partition coefficient (Wildman–Crippen LogP) is 2.53. The normalized spacial score (nSPS) is 22.5. The second-order valence-corrected chi connectivity index (χ2v) is 7.19. The average molecular weight is 297 g/mol. The lowest BCUT2D eigenvalue weighted by Crippen LogP contribution is -2.41. The number of carbonyl (C=O) groups excluding carboxylic acids is 1. The first-order valence-corrected chi connectivity index (χ1v) is 7.82. The number of Topliss-reactive ketones (excluding diaryl/α,β-unsaturated/α-hetero) is 1. The first kappa shape index (κ1) is 14.0. The van der Waals surface area contributed by atoms with E-state index in [9.17, 15) is 4.79 Å². The number of aromatic nitrogens is 1. The molecule has 0 saturated carbocycles. The number of hydrogen-bond donors (Lipinski definition) is 0. The van der Waals surface area contributed by atoms with Crippen molar-refractivity contribution in [2.75, 3.05) is 0 Å². The molecule has 0 N–H and O–H groups in total. The molecule has 3 heterocycles. The maximum Gasteiger partial charge on any atom is 0.497 e. The fraction of sp³-hybridized carbons (Fsp3) is 0.471. The molecule has 0 radical (unpaired) electrons. The summed E-state index contributed by atoms with van der Waals surface area (Å²) >= 11 is 0. The van der Waals surface area contributed by atoms with Crippen LogP contribution in [0.5, 0.6) is 0 Å². The third-order valence-electron chi connectivity index (χ3n) is 5.33. The van der Waals surface area contributed by atoms with E-state index in [1.807, 2.05) is 45.9 Å². The zero-order chi connectivity index (χ0) is 15.7. The molecule has 0 unspecified atom stereocenters. The second kappa shape index (κ2) is 4.24. The monoisotopic (exact) mass is 297 g/mol. The molecular formula is C17H20BNO3. The minimum Gasteiger partial charge on any atom is -0.399 e. The summed E-state index contributed by atoms with van der Waals surface area (Å²) < 4.78 is 14.5.